The molecule has 0 aromatic heterocycles. The lowest BCUT2D eigenvalue weighted by atomic mass is 10.3. The Labute approximate surface area is 104 Å². The van der Waals surface area contributed by atoms with E-state index in [1.54, 1.807) is 38.0 Å². The molecule has 0 radical (unpaired) electrons. The number of nitrogens with zero attached hydrogens (tertiary/aromatic N) is 4. The van der Waals surface area contributed by atoms with E-state index in [0.29, 0.717) is 0 Å². The summed E-state index contributed by atoms with van der Waals surface area (Å²) in [6, 6.07) is 0.159. The maximum absolute atomic E-state index is 11.0. The van der Waals surface area contributed by atoms with Gasteiger partial charge in [0.05, 0.1) is 0 Å². The number of hydrogen-bond donors (Lipinski definition) is 0. The Hall–Kier alpha value is -1.46. The van der Waals surface area contributed by atoms with Gasteiger partial charge >= 0.3 is 12.1 Å². The fourth-order valence-corrected chi connectivity index (χ4v) is 1.43. The summed E-state index contributed by atoms with van der Waals surface area (Å²) >= 11 is 0. The quantitative estimate of drug-likeness (QED) is 0.626. The third kappa shape index (κ3) is 5.42. The molecular formula is C11H24N4O2. The molecule has 1 fully saturated rings. The number of carbonyl (C=O) groups excluding carboxylic acids is 2. The van der Waals surface area contributed by atoms with Crippen molar-refractivity contribution >= 4 is 12.1 Å². The number of hydrogen-bond acceptors (Lipinski definition) is 2. The highest BCUT2D eigenvalue weighted by molar-refractivity contribution is 5.74. The number of amides is 4. The lowest BCUT2D eigenvalue weighted by Gasteiger charge is -2.30. The van der Waals surface area contributed by atoms with Gasteiger partial charge in [-0.15, -0.1) is 0 Å². The van der Waals surface area contributed by atoms with E-state index in [-0.39, 0.29) is 12.1 Å². The van der Waals surface area contributed by atoms with Crippen LogP contribution in [0, 0.1) is 0 Å². The van der Waals surface area contributed by atoms with Gasteiger partial charge in [-0.25, -0.2) is 9.59 Å². The van der Waals surface area contributed by atoms with Crippen molar-refractivity contribution in [2.45, 2.75) is 6.42 Å². The molecule has 100 valence electrons. The predicted molar refractivity (Wildman–Crippen MR) is 68.0 cm³/mol. The zero-order chi connectivity index (χ0) is 13.6. The zero-order valence-electron chi connectivity index (χ0n) is 11.7. The molecule has 1 rings (SSSR count). The summed E-state index contributed by atoms with van der Waals surface area (Å²) in [5, 5.41) is 0. The summed E-state index contributed by atoms with van der Waals surface area (Å²) in [6.45, 7) is 1.81. The highest BCUT2D eigenvalue weighted by atomic mass is 16.2. The highest BCUT2D eigenvalue weighted by Gasteiger charge is 2.17. The number of rotatable bonds is 0. The van der Waals surface area contributed by atoms with Gasteiger partial charge < -0.3 is 19.6 Å². The fraction of sp³-hybridized carbons (Fsp3) is 0.818. The van der Waals surface area contributed by atoms with Gasteiger partial charge in [0.1, 0.15) is 0 Å². The van der Waals surface area contributed by atoms with Gasteiger partial charge in [0.15, 0.2) is 0 Å². The van der Waals surface area contributed by atoms with E-state index in [0.717, 1.165) is 19.5 Å². The molecule has 4 amide bonds. The summed E-state index contributed by atoms with van der Waals surface area (Å²) in [5.41, 5.74) is 0. The molecule has 0 aromatic rings. The Morgan fingerprint density at radius 3 is 1.53 bits per heavy atom. The van der Waals surface area contributed by atoms with E-state index < -0.39 is 0 Å². The molecule has 0 unspecified atom stereocenters. The van der Waals surface area contributed by atoms with E-state index in [1.807, 2.05) is 14.1 Å². The summed E-state index contributed by atoms with van der Waals surface area (Å²) < 4.78 is 0. The lowest BCUT2D eigenvalue weighted by Crippen LogP contribution is -2.44. The van der Waals surface area contributed by atoms with E-state index >= 15 is 0 Å². The second-order valence-corrected chi connectivity index (χ2v) is 4.55. The van der Waals surface area contributed by atoms with Gasteiger partial charge in [-0.3, -0.25) is 0 Å². The molecular weight excluding hydrogens is 220 g/mol. The molecule has 6 nitrogen and oxygen atoms in total. The van der Waals surface area contributed by atoms with Crippen LogP contribution in [-0.2, 0) is 0 Å². The van der Waals surface area contributed by atoms with Crippen molar-refractivity contribution in [3.63, 3.8) is 0 Å². The second kappa shape index (κ2) is 6.98. The van der Waals surface area contributed by atoms with Crippen molar-refractivity contribution in [3.8, 4) is 0 Å². The minimum Gasteiger partial charge on any atom is -0.331 e. The second-order valence-electron chi connectivity index (χ2n) is 4.55. The predicted octanol–water partition coefficient (Wildman–Crippen LogP) is 0.603. The molecule has 1 aliphatic heterocycles. The van der Waals surface area contributed by atoms with Crippen molar-refractivity contribution in [2.75, 3.05) is 55.4 Å². The van der Waals surface area contributed by atoms with Crippen molar-refractivity contribution in [1.82, 2.24) is 19.6 Å². The fourth-order valence-electron chi connectivity index (χ4n) is 1.43. The lowest BCUT2D eigenvalue weighted by molar-refractivity contribution is 0.153. The van der Waals surface area contributed by atoms with Gasteiger partial charge in [-0.1, -0.05) is 0 Å². The minimum absolute atomic E-state index is 0.0185. The maximum atomic E-state index is 11.0. The molecule has 6 heteroatoms. The Kier molecular flexibility index (Phi) is 6.38. The van der Waals surface area contributed by atoms with E-state index in [2.05, 4.69) is 0 Å². The van der Waals surface area contributed by atoms with Crippen LogP contribution in [0.5, 0.6) is 0 Å². The van der Waals surface area contributed by atoms with Crippen molar-refractivity contribution in [3.05, 3.63) is 0 Å². The van der Waals surface area contributed by atoms with Crippen molar-refractivity contribution in [2.24, 2.45) is 0 Å². The Balaban J connectivity index is 0.000000304. The molecule has 0 aromatic carbocycles. The van der Waals surface area contributed by atoms with Crippen LogP contribution < -0.4 is 0 Å². The van der Waals surface area contributed by atoms with Crippen LogP contribution in [0.4, 0.5) is 9.59 Å². The molecule has 1 aliphatic rings. The van der Waals surface area contributed by atoms with E-state index in [4.69, 9.17) is 0 Å². The minimum atomic E-state index is 0.0185. The molecule has 0 atom stereocenters. The Morgan fingerprint density at radius 1 is 1.00 bits per heavy atom. The summed E-state index contributed by atoms with van der Waals surface area (Å²) in [5.74, 6) is 0. The summed E-state index contributed by atoms with van der Waals surface area (Å²) in [7, 11) is 10.6. The van der Waals surface area contributed by atoms with Gasteiger partial charge in [0.2, 0.25) is 0 Å². The largest absolute Gasteiger partial charge is 0.331 e. The molecule has 0 aliphatic carbocycles. The molecule has 0 N–H and O–H groups in total. The summed E-state index contributed by atoms with van der Waals surface area (Å²) in [6.07, 6.45) is 1.10. The third-order valence-corrected chi connectivity index (χ3v) is 2.41. The van der Waals surface area contributed by atoms with Crippen LogP contribution in [-0.4, -0.2) is 87.0 Å². The van der Waals surface area contributed by atoms with Crippen molar-refractivity contribution < 1.29 is 9.59 Å². The Morgan fingerprint density at radius 2 is 1.35 bits per heavy atom. The molecule has 1 saturated heterocycles. The summed E-state index contributed by atoms with van der Waals surface area (Å²) in [4.78, 5) is 28.2. The standard InChI is InChI=1S/C6H12N2O.C5H12N2O/c1-7-4-3-5-8(2)6(7)9;1-6(2)5(8)7(3)4/h3-5H2,1-2H3;1-4H3. The molecule has 0 spiro atoms. The van der Waals surface area contributed by atoms with Crippen molar-refractivity contribution in [1.29, 1.82) is 0 Å². The van der Waals surface area contributed by atoms with Gasteiger partial charge in [0, 0.05) is 55.4 Å². The first-order chi connectivity index (χ1) is 7.77. The SMILES string of the molecule is CN(C)C(=O)N(C)C.CN1CCCN(C)C1=O. The van der Waals surface area contributed by atoms with E-state index in [9.17, 15) is 9.59 Å². The maximum Gasteiger partial charge on any atom is 0.319 e. The molecule has 0 saturated carbocycles. The molecule has 17 heavy (non-hydrogen) atoms. The van der Waals surface area contributed by atoms with Gasteiger partial charge in [-0.05, 0) is 6.42 Å². The number of carbonyl (C=O) groups is 2. The third-order valence-electron chi connectivity index (χ3n) is 2.41. The highest BCUT2D eigenvalue weighted by Crippen LogP contribution is 2.02. The molecule has 0 bridgehead atoms. The van der Waals surface area contributed by atoms with E-state index in [1.165, 1.54) is 9.80 Å². The van der Waals surface area contributed by atoms with Crippen LogP contribution >= 0.6 is 0 Å². The zero-order valence-corrected chi connectivity index (χ0v) is 11.7. The average molecular weight is 244 g/mol. The number of urea groups is 2. The first-order valence-corrected chi connectivity index (χ1v) is 5.62. The topological polar surface area (TPSA) is 47.1 Å². The first-order valence-electron chi connectivity index (χ1n) is 5.62. The van der Waals surface area contributed by atoms with Crippen LogP contribution in [0.25, 0.3) is 0 Å². The first kappa shape index (κ1) is 15.5. The molecule has 1 heterocycles. The van der Waals surface area contributed by atoms with Crippen LogP contribution in [0.3, 0.4) is 0 Å². The van der Waals surface area contributed by atoms with Gasteiger partial charge in [-0.2, -0.15) is 0 Å². The smallest absolute Gasteiger partial charge is 0.319 e. The average Bonchev–Trinajstić information content (AvgIpc) is 2.25. The van der Waals surface area contributed by atoms with Crippen LogP contribution in [0.2, 0.25) is 0 Å². The van der Waals surface area contributed by atoms with Gasteiger partial charge in [0.25, 0.3) is 0 Å². The Bertz CT molecular complexity index is 244. The normalized spacial score (nSPS) is 15.1. The van der Waals surface area contributed by atoms with Crippen LogP contribution in [0.1, 0.15) is 6.42 Å². The monoisotopic (exact) mass is 244 g/mol. The van der Waals surface area contributed by atoms with Crippen LogP contribution in [0.15, 0.2) is 0 Å².